The van der Waals surface area contributed by atoms with Gasteiger partial charge in [-0.15, -0.1) is 11.3 Å². The molecule has 1 aliphatic heterocycles. The van der Waals surface area contributed by atoms with Crippen LogP contribution in [0.25, 0.3) is 10.1 Å². The average Bonchev–Trinajstić information content (AvgIpc) is 2.84. The molecule has 118 valence electrons. The number of thiophene rings is 1. The summed E-state index contributed by atoms with van der Waals surface area (Å²) in [5.74, 6) is -0.0548. The number of hydrogen-bond acceptors (Lipinski definition) is 3. The second-order valence-corrected chi connectivity index (χ2v) is 7.33. The van der Waals surface area contributed by atoms with Crippen molar-refractivity contribution in [1.82, 2.24) is 10.2 Å². The van der Waals surface area contributed by atoms with Gasteiger partial charge in [0.15, 0.2) is 0 Å². The SMILES string of the molecule is Cc1ccc2c(Cl)c(C(=O)NCCN3CCCCC3)sc2c1. The summed E-state index contributed by atoms with van der Waals surface area (Å²) in [6.07, 6.45) is 3.88. The number of likely N-dealkylation sites (tertiary alicyclic amines) is 1. The maximum Gasteiger partial charge on any atom is 0.262 e. The average molecular weight is 337 g/mol. The highest BCUT2D eigenvalue weighted by Gasteiger charge is 2.17. The van der Waals surface area contributed by atoms with E-state index in [1.807, 2.05) is 19.1 Å². The van der Waals surface area contributed by atoms with E-state index in [-0.39, 0.29) is 5.91 Å². The Hall–Kier alpha value is -1.10. The molecule has 3 nitrogen and oxygen atoms in total. The number of aryl methyl sites for hydroxylation is 1. The second-order valence-electron chi connectivity index (χ2n) is 5.90. The van der Waals surface area contributed by atoms with Gasteiger partial charge >= 0.3 is 0 Å². The van der Waals surface area contributed by atoms with E-state index in [1.54, 1.807) is 0 Å². The lowest BCUT2D eigenvalue weighted by Crippen LogP contribution is -2.37. The third kappa shape index (κ3) is 3.45. The van der Waals surface area contributed by atoms with Gasteiger partial charge in [0.25, 0.3) is 5.91 Å². The maximum atomic E-state index is 12.4. The van der Waals surface area contributed by atoms with Crippen molar-refractivity contribution in [3.05, 3.63) is 33.7 Å². The molecule has 1 aliphatic rings. The monoisotopic (exact) mass is 336 g/mol. The van der Waals surface area contributed by atoms with Gasteiger partial charge in [-0.05, 0) is 44.5 Å². The molecule has 1 N–H and O–H groups in total. The highest BCUT2D eigenvalue weighted by Crippen LogP contribution is 2.35. The first-order valence-corrected chi connectivity index (χ1v) is 9.04. The zero-order chi connectivity index (χ0) is 15.5. The summed E-state index contributed by atoms with van der Waals surface area (Å²) in [4.78, 5) is 15.4. The molecule has 0 aliphatic carbocycles. The van der Waals surface area contributed by atoms with E-state index in [0.717, 1.165) is 29.7 Å². The number of nitrogens with one attached hydrogen (secondary N) is 1. The maximum absolute atomic E-state index is 12.4. The molecule has 0 spiro atoms. The van der Waals surface area contributed by atoms with Crippen LogP contribution in [0.4, 0.5) is 0 Å². The topological polar surface area (TPSA) is 32.3 Å². The van der Waals surface area contributed by atoms with Crippen molar-refractivity contribution in [2.45, 2.75) is 26.2 Å². The van der Waals surface area contributed by atoms with Crippen LogP contribution < -0.4 is 5.32 Å². The van der Waals surface area contributed by atoms with Crippen LogP contribution in [0.5, 0.6) is 0 Å². The first-order chi connectivity index (χ1) is 10.6. The molecule has 0 unspecified atom stereocenters. The Morgan fingerprint density at radius 1 is 1.32 bits per heavy atom. The smallest absolute Gasteiger partial charge is 0.262 e. The molecule has 1 fully saturated rings. The van der Waals surface area contributed by atoms with E-state index >= 15 is 0 Å². The van der Waals surface area contributed by atoms with Crippen LogP contribution in [-0.2, 0) is 0 Å². The molecule has 0 atom stereocenters. The standard InChI is InChI=1S/C17H21ClN2OS/c1-12-5-6-13-14(11-12)22-16(15(13)18)17(21)19-7-10-20-8-3-2-4-9-20/h5-6,11H,2-4,7-10H2,1H3,(H,19,21). The fourth-order valence-electron chi connectivity index (χ4n) is 2.91. The zero-order valence-electron chi connectivity index (χ0n) is 12.8. The molecule has 1 aromatic heterocycles. The third-order valence-electron chi connectivity index (χ3n) is 4.15. The largest absolute Gasteiger partial charge is 0.350 e. The molecular formula is C17H21ClN2OS. The van der Waals surface area contributed by atoms with E-state index < -0.39 is 0 Å². The van der Waals surface area contributed by atoms with Crippen LogP contribution in [0, 0.1) is 6.92 Å². The highest BCUT2D eigenvalue weighted by molar-refractivity contribution is 7.21. The number of benzene rings is 1. The molecule has 22 heavy (non-hydrogen) atoms. The lowest BCUT2D eigenvalue weighted by Gasteiger charge is -2.26. The van der Waals surface area contributed by atoms with Crippen molar-refractivity contribution in [3.8, 4) is 0 Å². The van der Waals surface area contributed by atoms with Crippen LogP contribution in [-0.4, -0.2) is 37.0 Å². The van der Waals surface area contributed by atoms with Crippen molar-refractivity contribution >= 4 is 38.9 Å². The number of piperidine rings is 1. The molecule has 0 bridgehead atoms. The fourth-order valence-corrected chi connectivity index (χ4v) is 4.44. The minimum atomic E-state index is -0.0548. The molecule has 2 aromatic rings. The number of halogens is 1. The summed E-state index contributed by atoms with van der Waals surface area (Å²) >= 11 is 7.85. The molecule has 3 rings (SSSR count). The summed E-state index contributed by atoms with van der Waals surface area (Å²) in [5, 5.41) is 4.56. The lowest BCUT2D eigenvalue weighted by molar-refractivity contribution is 0.0951. The van der Waals surface area contributed by atoms with Crippen molar-refractivity contribution in [1.29, 1.82) is 0 Å². The number of rotatable bonds is 4. The molecular weight excluding hydrogens is 316 g/mol. The Balaban J connectivity index is 1.63. The number of amides is 1. The fraction of sp³-hybridized carbons (Fsp3) is 0.471. The minimum absolute atomic E-state index is 0.0548. The van der Waals surface area contributed by atoms with Crippen LogP contribution in [0.3, 0.4) is 0 Å². The van der Waals surface area contributed by atoms with Crippen LogP contribution >= 0.6 is 22.9 Å². The number of carbonyl (C=O) groups excluding carboxylic acids is 1. The predicted molar refractivity (Wildman–Crippen MR) is 94.2 cm³/mol. The summed E-state index contributed by atoms with van der Waals surface area (Å²) in [6.45, 7) is 5.96. The van der Waals surface area contributed by atoms with E-state index in [2.05, 4.69) is 16.3 Å². The number of nitrogens with zero attached hydrogens (tertiary/aromatic N) is 1. The quantitative estimate of drug-likeness (QED) is 0.912. The van der Waals surface area contributed by atoms with Gasteiger partial charge in [-0.1, -0.05) is 30.2 Å². The number of fused-ring (bicyclic) bond motifs is 1. The van der Waals surface area contributed by atoms with Crippen molar-refractivity contribution in [2.75, 3.05) is 26.2 Å². The van der Waals surface area contributed by atoms with Crippen LogP contribution in [0.15, 0.2) is 18.2 Å². The number of carbonyl (C=O) groups is 1. The molecule has 1 amide bonds. The van der Waals surface area contributed by atoms with Crippen molar-refractivity contribution < 1.29 is 4.79 Å². The Labute approximate surface area is 140 Å². The van der Waals surface area contributed by atoms with E-state index in [9.17, 15) is 4.79 Å². The Morgan fingerprint density at radius 2 is 2.09 bits per heavy atom. The normalized spacial score (nSPS) is 16.1. The first-order valence-electron chi connectivity index (χ1n) is 7.84. The summed E-state index contributed by atoms with van der Waals surface area (Å²) in [5.41, 5.74) is 1.18. The zero-order valence-corrected chi connectivity index (χ0v) is 14.4. The van der Waals surface area contributed by atoms with Crippen LogP contribution in [0.1, 0.15) is 34.5 Å². The Bertz CT molecular complexity index is 677. The van der Waals surface area contributed by atoms with Gasteiger partial charge in [0.2, 0.25) is 0 Å². The van der Waals surface area contributed by atoms with Gasteiger partial charge in [0.1, 0.15) is 4.88 Å². The van der Waals surface area contributed by atoms with E-state index in [4.69, 9.17) is 11.6 Å². The van der Waals surface area contributed by atoms with E-state index in [1.165, 1.54) is 36.2 Å². The second kappa shape index (κ2) is 6.99. The summed E-state index contributed by atoms with van der Waals surface area (Å²) < 4.78 is 1.08. The van der Waals surface area contributed by atoms with E-state index in [0.29, 0.717) is 16.4 Å². The van der Waals surface area contributed by atoms with Crippen LogP contribution in [0.2, 0.25) is 5.02 Å². The third-order valence-corrected chi connectivity index (χ3v) is 5.81. The number of hydrogen-bond donors (Lipinski definition) is 1. The highest BCUT2D eigenvalue weighted by atomic mass is 35.5. The van der Waals surface area contributed by atoms with Gasteiger partial charge < -0.3 is 10.2 Å². The minimum Gasteiger partial charge on any atom is -0.350 e. The van der Waals surface area contributed by atoms with Gasteiger partial charge in [-0.3, -0.25) is 4.79 Å². The van der Waals surface area contributed by atoms with Crippen molar-refractivity contribution in [3.63, 3.8) is 0 Å². The van der Waals surface area contributed by atoms with Gasteiger partial charge in [0.05, 0.1) is 5.02 Å². The summed E-state index contributed by atoms with van der Waals surface area (Å²) in [7, 11) is 0. The Morgan fingerprint density at radius 3 is 2.86 bits per heavy atom. The predicted octanol–water partition coefficient (Wildman–Crippen LogP) is 4.08. The molecule has 0 saturated carbocycles. The molecule has 5 heteroatoms. The first kappa shape index (κ1) is 15.8. The van der Waals surface area contributed by atoms with Gasteiger partial charge in [-0.25, -0.2) is 0 Å². The molecule has 2 heterocycles. The molecule has 0 radical (unpaired) electrons. The molecule has 1 aromatic carbocycles. The lowest BCUT2D eigenvalue weighted by atomic mass is 10.1. The van der Waals surface area contributed by atoms with Gasteiger partial charge in [-0.2, -0.15) is 0 Å². The molecule has 1 saturated heterocycles. The van der Waals surface area contributed by atoms with Crippen molar-refractivity contribution in [2.24, 2.45) is 0 Å². The van der Waals surface area contributed by atoms with Gasteiger partial charge in [0, 0.05) is 23.2 Å². The summed E-state index contributed by atoms with van der Waals surface area (Å²) in [6, 6.07) is 6.10. The Kier molecular flexibility index (Phi) is 5.01.